The minimum absolute atomic E-state index is 0.212. The molecule has 0 bridgehead atoms. The summed E-state index contributed by atoms with van der Waals surface area (Å²) >= 11 is 0. The van der Waals surface area contributed by atoms with Gasteiger partial charge in [-0.2, -0.15) is 0 Å². The van der Waals surface area contributed by atoms with Gasteiger partial charge in [0.2, 0.25) is 11.5 Å². The highest BCUT2D eigenvalue weighted by Crippen LogP contribution is 2.38. The van der Waals surface area contributed by atoms with Crippen molar-refractivity contribution in [3.05, 3.63) is 52.6 Å². The maximum Gasteiger partial charge on any atom is 0.325 e. The molecule has 1 N–H and O–H groups in total. The van der Waals surface area contributed by atoms with Crippen LogP contribution < -0.4 is 19.5 Å². The molecule has 0 aliphatic rings. The number of Topliss-reactive ketones (excluding diaryl/α,β-unsaturated/α-hetero) is 1. The van der Waals surface area contributed by atoms with E-state index >= 15 is 0 Å². The number of amides is 1. The second-order valence-corrected chi connectivity index (χ2v) is 6.50. The molecule has 30 heavy (non-hydrogen) atoms. The largest absolute Gasteiger partial charge is 0.493 e. The average Bonchev–Trinajstić information content (AvgIpc) is 2.74. The summed E-state index contributed by atoms with van der Waals surface area (Å²) in [4.78, 5) is 36.6. The van der Waals surface area contributed by atoms with E-state index in [0.717, 1.165) is 11.1 Å². The molecule has 0 heterocycles. The zero-order valence-electron chi connectivity index (χ0n) is 17.7. The highest BCUT2D eigenvalue weighted by atomic mass is 16.5. The van der Waals surface area contributed by atoms with Crippen LogP contribution in [0.1, 0.15) is 31.8 Å². The summed E-state index contributed by atoms with van der Waals surface area (Å²) in [5, 5.41) is 2.44. The molecule has 0 saturated carbocycles. The number of carbonyl (C=O) groups excluding carboxylic acids is 3. The van der Waals surface area contributed by atoms with Crippen molar-refractivity contribution in [2.75, 3.05) is 34.5 Å². The van der Waals surface area contributed by atoms with Gasteiger partial charge in [-0.05, 0) is 31.5 Å². The maximum absolute atomic E-state index is 12.4. The Hall–Kier alpha value is -3.55. The van der Waals surface area contributed by atoms with Crippen molar-refractivity contribution in [2.45, 2.75) is 13.8 Å². The van der Waals surface area contributed by atoms with Crippen molar-refractivity contribution in [3.8, 4) is 17.2 Å². The highest BCUT2D eigenvalue weighted by molar-refractivity contribution is 6.00. The van der Waals surface area contributed by atoms with Gasteiger partial charge < -0.3 is 24.3 Å². The van der Waals surface area contributed by atoms with Gasteiger partial charge in [-0.3, -0.25) is 14.4 Å². The Bertz CT molecular complexity index is 927. The van der Waals surface area contributed by atoms with Crippen LogP contribution in [0.5, 0.6) is 17.2 Å². The molecule has 2 aromatic carbocycles. The fourth-order valence-electron chi connectivity index (χ4n) is 2.87. The van der Waals surface area contributed by atoms with Crippen LogP contribution in [-0.4, -0.2) is 52.1 Å². The van der Waals surface area contributed by atoms with Gasteiger partial charge in [0.25, 0.3) is 5.91 Å². The van der Waals surface area contributed by atoms with E-state index in [2.05, 4.69) is 5.32 Å². The Morgan fingerprint density at radius 3 is 2.07 bits per heavy atom. The SMILES string of the molecule is COc1cc(C(=O)NCC(=O)OCC(=O)c2ccc(C)cc2C)cc(OC)c1OC. The van der Waals surface area contributed by atoms with Crippen LogP contribution in [0.4, 0.5) is 0 Å². The van der Waals surface area contributed by atoms with Crippen LogP contribution in [0.25, 0.3) is 0 Å². The second-order valence-electron chi connectivity index (χ2n) is 6.50. The fourth-order valence-corrected chi connectivity index (χ4v) is 2.87. The minimum Gasteiger partial charge on any atom is -0.493 e. The van der Waals surface area contributed by atoms with Crippen LogP contribution in [0.2, 0.25) is 0 Å². The van der Waals surface area contributed by atoms with Crippen molar-refractivity contribution in [1.82, 2.24) is 5.32 Å². The third-order valence-electron chi connectivity index (χ3n) is 4.37. The topological polar surface area (TPSA) is 100 Å². The van der Waals surface area contributed by atoms with Crippen molar-refractivity contribution >= 4 is 17.7 Å². The lowest BCUT2D eigenvalue weighted by Crippen LogP contribution is -2.31. The van der Waals surface area contributed by atoms with Crippen LogP contribution in [0.15, 0.2) is 30.3 Å². The lowest BCUT2D eigenvalue weighted by atomic mass is 10.0. The molecule has 0 aliphatic heterocycles. The molecule has 0 saturated heterocycles. The Kier molecular flexibility index (Phi) is 7.80. The fraction of sp³-hybridized carbons (Fsp3) is 0.318. The summed E-state index contributed by atoms with van der Waals surface area (Å²) < 4.78 is 20.6. The molecule has 0 aromatic heterocycles. The molecule has 8 heteroatoms. The maximum atomic E-state index is 12.4. The molecule has 0 spiro atoms. The number of hydrogen-bond donors (Lipinski definition) is 1. The molecule has 1 amide bonds. The number of methoxy groups -OCH3 is 3. The number of ether oxygens (including phenoxy) is 4. The zero-order valence-corrected chi connectivity index (χ0v) is 17.7. The zero-order chi connectivity index (χ0) is 22.3. The molecular formula is C22H25NO7. The summed E-state index contributed by atoms with van der Waals surface area (Å²) in [6, 6.07) is 8.33. The highest BCUT2D eigenvalue weighted by Gasteiger charge is 2.18. The molecule has 2 rings (SSSR count). The van der Waals surface area contributed by atoms with Gasteiger partial charge in [0.1, 0.15) is 6.54 Å². The number of benzene rings is 2. The summed E-state index contributed by atoms with van der Waals surface area (Å²) in [6.07, 6.45) is 0. The van der Waals surface area contributed by atoms with E-state index in [0.29, 0.717) is 22.8 Å². The molecule has 2 aromatic rings. The molecule has 8 nitrogen and oxygen atoms in total. The van der Waals surface area contributed by atoms with E-state index in [1.807, 2.05) is 26.0 Å². The summed E-state index contributed by atoms with van der Waals surface area (Å²) in [5.74, 6) is -0.606. The number of ketones is 1. The predicted octanol–water partition coefficient (Wildman–Crippen LogP) is 2.49. The van der Waals surface area contributed by atoms with Gasteiger partial charge in [-0.15, -0.1) is 0 Å². The number of carbonyl (C=O) groups is 3. The van der Waals surface area contributed by atoms with E-state index in [1.54, 1.807) is 6.07 Å². The molecule has 0 unspecified atom stereocenters. The van der Waals surface area contributed by atoms with Crippen LogP contribution in [-0.2, 0) is 9.53 Å². The third-order valence-corrected chi connectivity index (χ3v) is 4.37. The first-order chi connectivity index (χ1) is 14.3. The van der Waals surface area contributed by atoms with E-state index in [1.165, 1.54) is 33.5 Å². The number of hydrogen-bond acceptors (Lipinski definition) is 7. The number of rotatable bonds is 9. The first-order valence-electron chi connectivity index (χ1n) is 9.15. The Morgan fingerprint density at radius 1 is 0.900 bits per heavy atom. The molecule has 0 aliphatic carbocycles. The normalized spacial score (nSPS) is 10.2. The van der Waals surface area contributed by atoms with Crippen LogP contribution in [0.3, 0.4) is 0 Å². The first kappa shape index (κ1) is 22.7. The summed E-state index contributed by atoms with van der Waals surface area (Å²) in [6.45, 7) is 2.95. The van der Waals surface area contributed by atoms with Crippen molar-refractivity contribution in [3.63, 3.8) is 0 Å². The third kappa shape index (κ3) is 5.50. The molecule has 160 valence electrons. The Labute approximate surface area is 175 Å². The quantitative estimate of drug-likeness (QED) is 0.496. The van der Waals surface area contributed by atoms with E-state index in [4.69, 9.17) is 18.9 Å². The molecule has 0 radical (unpaired) electrons. The Balaban J connectivity index is 1.94. The predicted molar refractivity (Wildman–Crippen MR) is 110 cm³/mol. The lowest BCUT2D eigenvalue weighted by Gasteiger charge is -2.14. The number of aryl methyl sites for hydroxylation is 2. The van der Waals surface area contributed by atoms with Gasteiger partial charge in [0.15, 0.2) is 18.1 Å². The first-order valence-corrected chi connectivity index (χ1v) is 9.15. The summed E-state index contributed by atoms with van der Waals surface area (Å²) in [7, 11) is 4.32. The van der Waals surface area contributed by atoms with Gasteiger partial charge in [-0.25, -0.2) is 0 Å². The Morgan fingerprint density at radius 2 is 1.53 bits per heavy atom. The lowest BCUT2D eigenvalue weighted by molar-refractivity contribution is -0.141. The van der Waals surface area contributed by atoms with E-state index in [9.17, 15) is 14.4 Å². The van der Waals surface area contributed by atoms with E-state index < -0.39 is 25.0 Å². The van der Waals surface area contributed by atoms with Gasteiger partial charge in [0, 0.05) is 11.1 Å². The van der Waals surface area contributed by atoms with Crippen molar-refractivity contribution < 1.29 is 33.3 Å². The summed E-state index contributed by atoms with van der Waals surface area (Å²) in [5.41, 5.74) is 2.56. The monoisotopic (exact) mass is 415 g/mol. The van der Waals surface area contributed by atoms with Gasteiger partial charge >= 0.3 is 5.97 Å². The number of nitrogens with one attached hydrogen (secondary N) is 1. The van der Waals surface area contributed by atoms with E-state index in [-0.39, 0.29) is 11.3 Å². The average molecular weight is 415 g/mol. The number of esters is 1. The van der Waals surface area contributed by atoms with Crippen molar-refractivity contribution in [2.24, 2.45) is 0 Å². The standard InChI is InChI=1S/C22H25NO7/c1-13-6-7-16(14(2)8-13)17(24)12-30-20(25)11-23-22(26)15-9-18(27-3)21(29-5)19(10-15)28-4/h6-10H,11-12H2,1-5H3,(H,23,26). The van der Waals surface area contributed by atoms with Crippen molar-refractivity contribution in [1.29, 1.82) is 0 Å². The molecular weight excluding hydrogens is 390 g/mol. The van der Waals surface area contributed by atoms with Gasteiger partial charge in [-0.1, -0.05) is 23.8 Å². The van der Waals surface area contributed by atoms with Crippen LogP contribution >= 0.6 is 0 Å². The second kappa shape index (κ2) is 10.3. The van der Waals surface area contributed by atoms with Crippen LogP contribution in [0, 0.1) is 13.8 Å². The smallest absolute Gasteiger partial charge is 0.325 e. The molecule has 0 atom stereocenters. The minimum atomic E-state index is -0.728. The molecule has 0 fully saturated rings. The van der Waals surface area contributed by atoms with Gasteiger partial charge in [0.05, 0.1) is 21.3 Å².